The molecule has 0 amide bonds. The maximum absolute atomic E-state index is 5.43. The fraction of sp³-hybridized carbons (Fsp3) is 0.333. The van der Waals surface area contributed by atoms with Crippen molar-refractivity contribution in [2.45, 2.75) is 13.5 Å². The minimum Gasteiger partial charge on any atom is -0.438 e. The van der Waals surface area contributed by atoms with Crippen LogP contribution < -0.4 is 5.73 Å². The van der Waals surface area contributed by atoms with Crippen molar-refractivity contribution in [2.24, 2.45) is 12.8 Å². The molecule has 0 saturated carbocycles. The van der Waals surface area contributed by atoms with E-state index in [2.05, 4.69) is 26.0 Å². The lowest BCUT2D eigenvalue weighted by atomic mass is 10.3. The highest BCUT2D eigenvalue weighted by atomic mass is 79.9. The monoisotopic (exact) mass is 270 g/mol. The lowest BCUT2D eigenvalue weighted by Gasteiger charge is -1.90. The molecule has 15 heavy (non-hydrogen) atoms. The molecule has 0 unspecified atom stereocenters. The van der Waals surface area contributed by atoms with Gasteiger partial charge in [0.1, 0.15) is 5.69 Å². The number of nitrogens with two attached hydrogens (primary N) is 1. The van der Waals surface area contributed by atoms with E-state index in [0.717, 1.165) is 15.9 Å². The van der Waals surface area contributed by atoms with Crippen LogP contribution in [0.5, 0.6) is 0 Å². The second-order valence-corrected chi connectivity index (χ2v) is 3.99. The Morgan fingerprint density at radius 3 is 2.80 bits per heavy atom. The van der Waals surface area contributed by atoms with Crippen molar-refractivity contribution < 1.29 is 4.42 Å². The highest BCUT2D eigenvalue weighted by Crippen LogP contribution is 2.29. The molecule has 0 radical (unpaired) electrons. The molecule has 0 saturated heterocycles. The molecule has 0 spiro atoms. The first kappa shape index (κ1) is 10.4. The number of aryl methyl sites for hydroxylation is 1. The Morgan fingerprint density at radius 1 is 1.60 bits per heavy atom. The zero-order valence-corrected chi connectivity index (χ0v) is 10.1. The molecule has 0 aliphatic rings. The van der Waals surface area contributed by atoms with Gasteiger partial charge in [-0.05, 0) is 22.9 Å². The average Bonchev–Trinajstić information content (AvgIpc) is 2.79. The quantitative estimate of drug-likeness (QED) is 0.900. The second kappa shape index (κ2) is 3.79. The molecule has 0 atom stereocenters. The standard InChI is InChI=1S/C9H11BrN4O/c1-5-8(10)9(13-14(5)2)6-4-12-7(3-11)15-6/h4H,3,11H2,1-2H3. The Bertz CT molecular complexity index is 488. The number of hydrogen-bond donors (Lipinski definition) is 1. The van der Waals surface area contributed by atoms with Crippen molar-refractivity contribution >= 4 is 15.9 Å². The summed E-state index contributed by atoms with van der Waals surface area (Å²) >= 11 is 3.47. The first-order valence-electron chi connectivity index (χ1n) is 4.47. The van der Waals surface area contributed by atoms with Gasteiger partial charge in [-0.1, -0.05) is 0 Å². The van der Waals surface area contributed by atoms with Gasteiger partial charge >= 0.3 is 0 Å². The third-order valence-corrected chi connectivity index (χ3v) is 3.17. The van der Waals surface area contributed by atoms with Crippen molar-refractivity contribution in [1.29, 1.82) is 0 Å². The normalized spacial score (nSPS) is 10.9. The van der Waals surface area contributed by atoms with E-state index < -0.39 is 0 Å². The summed E-state index contributed by atoms with van der Waals surface area (Å²) in [7, 11) is 1.88. The highest BCUT2D eigenvalue weighted by molar-refractivity contribution is 9.10. The van der Waals surface area contributed by atoms with Crippen LogP contribution in [0.25, 0.3) is 11.5 Å². The summed E-state index contributed by atoms with van der Waals surface area (Å²) in [6.45, 7) is 2.27. The summed E-state index contributed by atoms with van der Waals surface area (Å²) in [6.07, 6.45) is 1.63. The molecule has 0 aliphatic carbocycles. The molecule has 5 nitrogen and oxygen atoms in total. The Hall–Kier alpha value is -1.14. The van der Waals surface area contributed by atoms with Crippen LogP contribution in [0, 0.1) is 6.92 Å². The molecule has 2 heterocycles. The van der Waals surface area contributed by atoms with Gasteiger partial charge in [-0.15, -0.1) is 0 Å². The van der Waals surface area contributed by atoms with Crippen molar-refractivity contribution in [3.63, 3.8) is 0 Å². The van der Waals surface area contributed by atoms with E-state index in [9.17, 15) is 0 Å². The molecule has 2 aromatic rings. The fourth-order valence-corrected chi connectivity index (χ4v) is 1.79. The summed E-state index contributed by atoms with van der Waals surface area (Å²) in [5, 5.41) is 4.32. The van der Waals surface area contributed by atoms with Crippen LogP contribution in [0.4, 0.5) is 0 Å². The Morgan fingerprint density at radius 2 is 2.33 bits per heavy atom. The largest absolute Gasteiger partial charge is 0.438 e. The summed E-state index contributed by atoms with van der Waals surface area (Å²) < 4.78 is 8.13. The fourth-order valence-electron chi connectivity index (χ4n) is 1.25. The molecule has 0 bridgehead atoms. The zero-order valence-electron chi connectivity index (χ0n) is 8.49. The van der Waals surface area contributed by atoms with Gasteiger partial charge in [0.15, 0.2) is 5.76 Å². The van der Waals surface area contributed by atoms with Gasteiger partial charge in [-0.25, -0.2) is 4.98 Å². The summed E-state index contributed by atoms with van der Waals surface area (Å²) in [6, 6.07) is 0. The summed E-state index contributed by atoms with van der Waals surface area (Å²) in [4.78, 5) is 4.03. The van der Waals surface area contributed by atoms with E-state index in [1.165, 1.54) is 0 Å². The minimum absolute atomic E-state index is 0.295. The van der Waals surface area contributed by atoms with Gasteiger partial charge in [0.2, 0.25) is 5.89 Å². The highest BCUT2D eigenvalue weighted by Gasteiger charge is 2.15. The predicted octanol–water partition coefficient (Wildman–Crippen LogP) is 1.60. The van der Waals surface area contributed by atoms with Gasteiger partial charge < -0.3 is 10.2 Å². The summed E-state index contributed by atoms with van der Waals surface area (Å²) in [5.41, 5.74) is 7.21. The van der Waals surface area contributed by atoms with E-state index in [1.807, 2.05) is 14.0 Å². The third kappa shape index (κ3) is 1.70. The molecular formula is C9H11BrN4O. The van der Waals surface area contributed by atoms with Gasteiger partial charge in [0.25, 0.3) is 0 Å². The van der Waals surface area contributed by atoms with E-state index in [4.69, 9.17) is 10.2 Å². The molecular weight excluding hydrogens is 260 g/mol. The molecule has 2 rings (SSSR count). The SMILES string of the molecule is Cc1c(Br)c(-c2cnc(CN)o2)nn1C. The lowest BCUT2D eigenvalue weighted by Crippen LogP contribution is -1.94. The Balaban J connectivity index is 2.49. The topological polar surface area (TPSA) is 69.9 Å². The van der Waals surface area contributed by atoms with Crippen molar-refractivity contribution in [2.75, 3.05) is 0 Å². The number of halogens is 1. The number of nitrogens with zero attached hydrogens (tertiary/aromatic N) is 3. The van der Waals surface area contributed by atoms with Gasteiger partial charge in [-0.3, -0.25) is 4.68 Å². The zero-order chi connectivity index (χ0) is 11.0. The summed E-state index contributed by atoms with van der Waals surface area (Å²) in [5.74, 6) is 1.14. The molecule has 6 heteroatoms. The van der Waals surface area contributed by atoms with Crippen LogP contribution in [0.3, 0.4) is 0 Å². The molecule has 0 fully saturated rings. The molecule has 0 aliphatic heterocycles. The van der Waals surface area contributed by atoms with E-state index in [0.29, 0.717) is 18.2 Å². The van der Waals surface area contributed by atoms with Crippen LogP contribution >= 0.6 is 15.9 Å². The number of oxazole rings is 1. The lowest BCUT2D eigenvalue weighted by molar-refractivity contribution is 0.507. The maximum Gasteiger partial charge on any atom is 0.208 e. The van der Waals surface area contributed by atoms with Crippen molar-refractivity contribution in [3.8, 4) is 11.5 Å². The third-order valence-electron chi connectivity index (χ3n) is 2.22. The van der Waals surface area contributed by atoms with Crippen molar-refractivity contribution in [3.05, 3.63) is 22.3 Å². The number of hydrogen-bond acceptors (Lipinski definition) is 4. The average molecular weight is 271 g/mol. The number of aromatic nitrogens is 3. The van der Waals surface area contributed by atoms with Crippen LogP contribution in [0.2, 0.25) is 0 Å². The smallest absolute Gasteiger partial charge is 0.208 e. The molecule has 0 aromatic carbocycles. The molecule has 80 valence electrons. The van der Waals surface area contributed by atoms with E-state index >= 15 is 0 Å². The minimum atomic E-state index is 0.295. The Kier molecular flexibility index (Phi) is 2.62. The van der Waals surface area contributed by atoms with Crippen LogP contribution in [-0.2, 0) is 13.6 Å². The Labute approximate surface area is 95.4 Å². The van der Waals surface area contributed by atoms with E-state index in [-0.39, 0.29) is 0 Å². The van der Waals surface area contributed by atoms with Gasteiger partial charge in [-0.2, -0.15) is 5.10 Å². The van der Waals surface area contributed by atoms with Crippen molar-refractivity contribution in [1.82, 2.24) is 14.8 Å². The number of rotatable bonds is 2. The first-order chi connectivity index (χ1) is 7.13. The maximum atomic E-state index is 5.43. The molecule has 2 aromatic heterocycles. The van der Waals surface area contributed by atoms with E-state index in [1.54, 1.807) is 10.9 Å². The predicted molar refractivity (Wildman–Crippen MR) is 59.0 cm³/mol. The first-order valence-corrected chi connectivity index (χ1v) is 5.27. The van der Waals surface area contributed by atoms with Crippen LogP contribution in [0.15, 0.2) is 15.1 Å². The van der Waals surface area contributed by atoms with Crippen LogP contribution in [0.1, 0.15) is 11.6 Å². The van der Waals surface area contributed by atoms with Gasteiger partial charge in [0, 0.05) is 12.7 Å². The molecule has 2 N–H and O–H groups in total. The second-order valence-electron chi connectivity index (χ2n) is 3.19. The van der Waals surface area contributed by atoms with Gasteiger partial charge in [0.05, 0.1) is 17.2 Å². The van der Waals surface area contributed by atoms with Crippen LogP contribution in [-0.4, -0.2) is 14.8 Å².